The molecule has 0 saturated heterocycles. The number of aliphatic hydroxyl groups is 2. The van der Waals surface area contributed by atoms with Crippen molar-refractivity contribution in [1.29, 1.82) is 0 Å². The lowest BCUT2D eigenvalue weighted by Gasteiger charge is -2.47. The number of ketones is 1. The van der Waals surface area contributed by atoms with Crippen molar-refractivity contribution in [2.45, 2.75) is 44.5 Å². The molecule has 0 bridgehead atoms. The second-order valence-electron chi connectivity index (χ2n) is 7.21. The Hall–Kier alpha value is -2.32. The summed E-state index contributed by atoms with van der Waals surface area (Å²) in [5, 5.41) is 42.1. The fourth-order valence-corrected chi connectivity index (χ4v) is 4.17. The molecule has 0 amide bonds. The van der Waals surface area contributed by atoms with Gasteiger partial charge in [0.15, 0.2) is 17.3 Å². The monoisotopic (exact) mass is 366 g/mol. The maximum atomic E-state index is 13.0. The number of carbonyl (C=O) groups excluding carboxylic acids is 2. The van der Waals surface area contributed by atoms with E-state index in [0.29, 0.717) is 0 Å². The van der Waals surface area contributed by atoms with E-state index < -0.39 is 52.9 Å². The van der Waals surface area contributed by atoms with Gasteiger partial charge in [-0.1, -0.05) is 0 Å². The molecule has 0 spiro atoms. The maximum Gasteiger partial charge on any atom is 0.303 e. The van der Waals surface area contributed by atoms with Crippen LogP contribution in [0.15, 0.2) is 6.07 Å². The minimum Gasteiger partial charge on any atom is -0.507 e. The zero-order valence-electron chi connectivity index (χ0n) is 14.7. The van der Waals surface area contributed by atoms with Crippen LogP contribution in [0, 0.1) is 11.8 Å². The van der Waals surface area contributed by atoms with Crippen LogP contribution in [0.3, 0.4) is 0 Å². The Balaban J connectivity index is 2.09. The number of aromatic hydroxyl groups is 2. The first-order valence-electron chi connectivity index (χ1n) is 8.33. The van der Waals surface area contributed by atoms with Gasteiger partial charge in [-0.3, -0.25) is 9.59 Å². The van der Waals surface area contributed by atoms with Crippen molar-refractivity contribution in [2.75, 3.05) is 7.11 Å². The Kier molecular flexibility index (Phi) is 4.36. The van der Waals surface area contributed by atoms with Crippen molar-refractivity contribution in [3.05, 3.63) is 17.2 Å². The third-order valence-corrected chi connectivity index (χ3v) is 5.42. The van der Waals surface area contributed by atoms with Crippen LogP contribution in [-0.2, 0) is 9.53 Å². The smallest absolute Gasteiger partial charge is 0.303 e. The van der Waals surface area contributed by atoms with E-state index >= 15 is 0 Å². The molecule has 2 aliphatic rings. The summed E-state index contributed by atoms with van der Waals surface area (Å²) in [6, 6.07) is 1.11. The van der Waals surface area contributed by atoms with E-state index in [1.807, 2.05) is 0 Å². The molecule has 0 heterocycles. The predicted octanol–water partition coefficient (Wildman–Crippen LogP) is 1.04. The standard InChI is InChI=1S/C18H22O8/c1-7(19)26-12-4-8-9(6-18(12,2)24)16(22)14-13(15(8)21)10(20)5-11(25-3)17(14)23/h5,8-9,12,16,20,22-24H,4,6H2,1-3H3. The van der Waals surface area contributed by atoms with Crippen LogP contribution in [0.1, 0.15) is 48.7 Å². The first-order valence-corrected chi connectivity index (χ1v) is 8.33. The number of hydrogen-bond donors (Lipinski definition) is 4. The Morgan fingerprint density at radius 2 is 2.00 bits per heavy atom. The van der Waals surface area contributed by atoms with Crippen LogP contribution in [-0.4, -0.2) is 51.0 Å². The summed E-state index contributed by atoms with van der Waals surface area (Å²) in [7, 11) is 1.29. The SMILES string of the molecule is COc1cc(O)c2c(c1O)C(O)C1CC(C)(O)C(OC(C)=O)CC1C2=O. The van der Waals surface area contributed by atoms with Crippen LogP contribution >= 0.6 is 0 Å². The molecule has 142 valence electrons. The summed E-state index contributed by atoms with van der Waals surface area (Å²) < 4.78 is 10.1. The molecule has 1 fully saturated rings. The van der Waals surface area contributed by atoms with E-state index in [2.05, 4.69) is 0 Å². The fourth-order valence-electron chi connectivity index (χ4n) is 4.17. The summed E-state index contributed by atoms with van der Waals surface area (Å²) >= 11 is 0. The van der Waals surface area contributed by atoms with Gasteiger partial charge in [0, 0.05) is 30.4 Å². The zero-order valence-corrected chi connectivity index (χ0v) is 14.7. The van der Waals surface area contributed by atoms with Gasteiger partial charge in [-0.25, -0.2) is 0 Å². The van der Waals surface area contributed by atoms with Crippen LogP contribution in [0.25, 0.3) is 0 Å². The van der Waals surface area contributed by atoms with Gasteiger partial charge in [-0.15, -0.1) is 0 Å². The van der Waals surface area contributed by atoms with Crippen molar-refractivity contribution in [3.8, 4) is 17.2 Å². The highest BCUT2D eigenvalue weighted by atomic mass is 16.6. The van der Waals surface area contributed by atoms with Crippen molar-refractivity contribution in [3.63, 3.8) is 0 Å². The summed E-state index contributed by atoms with van der Waals surface area (Å²) in [5.41, 5.74) is -1.71. The lowest BCUT2D eigenvalue weighted by atomic mass is 9.61. The molecule has 26 heavy (non-hydrogen) atoms. The number of phenols is 2. The second-order valence-corrected chi connectivity index (χ2v) is 7.21. The van der Waals surface area contributed by atoms with Crippen molar-refractivity contribution in [1.82, 2.24) is 0 Å². The molecule has 4 N–H and O–H groups in total. The van der Waals surface area contributed by atoms with Crippen LogP contribution < -0.4 is 4.74 Å². The fraction of sp³-hybridized carbons (Fsp3) is 0.556. The molecule has 1 aromatic rings. The van der Waals surface area contributed by atoms with Crippen LogP contribution in [0.2, 0.25) is 0 Å². The quantitative estimate of drug-likeness (QED) is 0.451. The molecule has 0 aromatic heterocycles. The molecule has 1 aromatic carbocycles. The highest BCUT2D eigenvalue weighted by Gasteiger charge is 2.54. The van der Waals surface area contributed by atoms with Gasteiger partial charge in [-0.05, 0) is 19.8 Å². The van der Waals surface area contributed by atoms with Crippen molar-refractivity contribution < 1.29 is 39.5 Å². The molecule has 3 rings (SSSR count). The zero-order chi connectivity index (χ0) is 19.4. The van der Waals surface area contributed by atoms with Gasteiger partial charge in [0.05, 0.1) is 24.4 Å². The van der Waals surface area contributed by atoms with E-state index in [4.69, 9.17) is 9.47 Å². The largest absolute Gasteiger partial charge is 0.507 e. The lowest BCUT2D eigenvalue weighted by Crippen LogP contribution is -2.54. The van der Waals surface area contributed by atoms with Gasteiger partial charge in [-0.2, -0.15) is 0 Å². The molecule has 2 aliphatic carbocycles. The minimum absolute atomic E-state index is 0.0127. The Morgan fingerprint density at radius 1 is 1.35 bits per heavy atom. The molecule has 5 atom stereocenters. The molecule has 5 unspecified atom stereocenters. The first kappa shape index (κ1) is 18.5. The van der Waals surface area contributed by atoms with Gasteiger partial charge in [0.2, 0.25) is 0 Å². The number of ether oxygens (including phenoxy) is 2. The molecule has 1 saturated carbocycles. The number of Topliss-reactive ketones (excluding diaryl/α,β-unsaturated/α-hetero) is 1. The number of phenolic OH excluding ortho intramolecular Hbond substituents is 2. The number of rotatable bonds is 2. The van der Waals surface area contributed by atoms with Gasteiger partial charge >= 0.3 is 5.97 Å². The Bertz CT molecular complexity index is 769. The van der Waals surface area contributed by atoms with E-state index in [9.17, 15) is 30.0 Å². The Labute approximate surface area is 150 Å². The highest BCUT2D eigenvalue weighted by molar-refractivity contribution is 6.04. The summed E-state index contributed by atoms with van der Waals surface area (Å²) in [4.78, 5) is 24.3. The number of fused-ring (bicyclic) bond motifs is 2. The number of hydrogen-bond acceptors (Lipinski definition) is 8. The Morgan fingerprint density at radius 3 is 2.58 bits per heavy atom. The maximum absolute atomic E-state index is 13.0. The third-order valence-electron chi connectivity index (χ3n) is 5.42. The van der Waals surface area contributed by atoms with Crippen molar-refractivity contribution in [2.24, 2.45) is 11.8 Å². The molecule has 0 aliphatic heterocycles. The van der Waals surface area contributed by atoms with E-state index in [-0.39, 0.29) is 29.7 Å². The molecule has 0 radical (unpaired) electrons. The number of carbonyl (C=O) groups is 2. The minimum atomic E-state index is -1.44. The summed E-state index contributed by atoms with van der Waals surface area (Å²) in [6.45, 7) is 2.69. The summed E-state index contributed by atoms with van der Waals surface area (Å²) in [5.74, 6) is -3.40. The molecule has 8 nitrogen and oxygen atoms in total. The molecule has 8 heteroatoms. The van der Waals surface area contributed by atoms with Crippen LogP contribution in [0.5, 0.6) is 17.2 Å². The number of methoxy groups -OCH3 is 1. The normalized spacial score (nSPS) is 33.2. The molecular weight excluding hydrogens is 344 g/mol. The summed E-state index contributed by atoms with van der Waals surface area (Å²) in [6.07, 6.45) is -2.20. The number of aliphatic hydroxyl groups excluding tert-OH is 1. The predicted molar refractivity (Wildman–Crippen MR) is 88.0 cm³/mol. The van der Waals surface area contributed by atoms with E-state index in [1.54, 1.807) is 0 Å². The third kappa shape index (κ3) is 2.69. The van der Waals surface area contributed by atoms with E-state index in [1.165, 1.54) is 21.0 Å². The van der Waals surface area contributed by atoms with Gasteiger partial charge in [0.1, 0.15) is 11.9 Å². The molecular formula is C18H22O8. The lowest BCUT2D eigenvalue weighted by molar-refractivity contribution is -0.177. The van der Waals surface area contributed by atoms with Crippen LogP contribution in [0.4, 0.5) is 0 Å². The van der Waals surface area contributed by atoms with Gasteiger partial charge in [0.25, 0.3) is 0 Å². The van der Waals surface area contributed by atoms with Gasteiger partial charge < -0.3 is 29.9 Å². The van der Waals surface area contributed by atoms with E-state index in [0.717, 1.165) is 6.07 Å². The highest BCUT2D eigenvalue weighted by Crippen LogP contribution is 2.54. The first-order chi connectivity index (χ1) is 12.1. The average Bonchev–Trinajstić information content (AvgIpc) is 2.54. The topological polar surface area (TPSA) is 134 Å². The van der Waals surface area contributed by atoms with Crippen molar-refractivity contribution >= 4 is 11.8 Å². The number of benzene rings is 1. The average molecular weight is 366 g/mol. The number of esters is 1. The second kappa shape index (κ2) is 6.14.